The highest BCUT2D eigenvalue weighted by Gasteiger charge is 2.52. The predicted molar refractivity (Wildman–Crippen MR) is 81.3 cm³/mol. The molecule has 2 aliphatic rings. The molecule has 2 aliphatic carbocycles. The topological polar surface area (TPSA) is 0 Å². The number of aryl methyl sites for hydroxylation is 1. The van der Waals surface area contributed by atoms with Crippen molar-refractivity contribution in [2.45, 2.75) is 56.7 Å². The third-order valence-electron chi connectivity index (χ3n) is 5.73. The van der Waals surface area contributed by atoms with Crippen LogP contribution >= 0.6 is 15.9 Å². The van der Waals surface area contributed by atoms with E-state index in [0.29, 0.717) is 15.7 Å². The summed E-state index contributed by atoms with van der Waals surface area (Å²) in [5.74, 6) is 0.804. The van der Waals surface area contributed by atoms with Crippen molar-refractivity contribution in [3.63, 3.8) is 0 Å². The summed E-state index contributed by atoms with van der Waals surface area (Å²) in [6, 6.07) is 9.14. The van der Waals surface area contributed by atoms with Gasteiger partial charge in [0.25, 0.3) is 0 Å². The van der Waals surface area contributed by atoms with Crippen LogP contribution in [0.3, 0.4) is 0 Å². The lowest BCUT2D eigenvalue weighted by Crippen LogP contribution is -2.52. The van der Waals surface area contributed by atoms with E-state index >= 15 is 0 Å². The fourth-order valence-electron chi connectivity index (χ4n) is 4.62. The van der Waals surface area contributed by atoms with Gasteiger partial charge in [0, 0.05) is 4.83 Å². The maximum atomic E-state index is 3.94. The van der Waals surface area contributed by atoms with E-state index in [2.05, 4.69) is 61.0 Å². The highest BCUT2D eigenvalue weighted by atomic mass is 79.9. The van der Waals surface area contributed by atoms with Crippen LogP contribution < -0.4 is 0 Å². The molecule has 1 heteroatoms. The molecule has 0 aromatic heterocycles. The van der Waals surface area contributed by atoms with E-state index in [-0.39, 0.29) is 0 Å². The second-order valence-corrected chi connectivity index (χ2v) is 8.10. The van der Waals surface area contributed by atoms with Crippen LogP contribution in [0.15, 0.2) is 24.3 Å². The van der Waals surface area contributed by atoms with Crippen molar-refractivity contribution in [1.29, 1.82) is 0 Å². The first-order valence-corrected chi connectivity index (χ1v) is 8.10. The summed E-state index contributed by atoms with van der Waals surface area (Å²) in [6.07, 6.45) is 5.24. The lowest BCUT2D eigenvalue weighted by molar-refractivity contribution is 0.0492. The number of hydrogen-bond acceptors (Lipinski definition) is 0. The molecule has 98 valence electrons. The van der Waals surface area contributed by atoms with E-state index in [0.717, 1.165) is 5.92 Å². The fourth-order valence-corrected chi connectivity index (χ4v) is 5.17. The monoisotopic (exact) mass is 306 g/mol. The van der Waals surface area contributed by atoms with Gasteiger partial charge in [0.1, 0.15) is 0 Å². The lowest BCUT2D eigenvalue weighted by Gasteiger charge is -2.56. The van der Waals surface area contributed by atoms with Crippen molar-refractivity contribution in [3.8, 4) is 0 Å². The SMILES string of the molecule is CC1(C)[C@@H](Br)CC[C@]2(C)c3ccccc3CC[C@@H]12. The van der Waals surface area contributed by atoms with Crippen LogP contribution in [0.5, 0.6) is 0 Å². The molecule has 0 saturated heterocycles. The van der Waals surface area contributed by atoms with Crippen molar-refractivity contribution >= 4 is 15.9 Å². The molecule has 0 unspecified atom stereocenters. The third-order valence-corrected chi connectivity index (χ3v) is 7.36. The summed E-state index contributed by atoms with van der Waals surface area (Å²) in [6.45, 7) is 7.43. The summed E-state index contributed by atoms with van der Waals surface area (Å²) in [5, 5.41) is 0. The van der Waals surface area contributed by atoms with Gasteiger partial charge >= 0.3 is 0 Å². The molecule has 3 atom stereocenters. The minimum atomic E-state index is 0.391. The molecule has 0 nitrogen and oxygen atoms in total. The number of alkyl halides is 1. The maximum absolute atomic E-state index is 3.94. The minimum Gasteiger partial charge on any atom is -0.0885 e. The van der Waals surface area contributed by atoms with Crippen molar-refractivity contribution in [2.24, 2.45) is 11.3 Å². The molecule has 1 saturated carbocycles. The highest BCUT2D eigenvalue weighted by Crippen LogP contribution is 2.58. The van der Waals surface area contributed by atoms with E-state index in [1.165, 1.54) is 25.7 Å². The molecule has 1 aromatic rings. The fraction of sp³-hybridized carbons (Fsp3) is 0.647. The van der Waals surface area contributed by atoms with Crippen LogP contribution in [-0.4, -0.2) is 4.83 Å². The Balaban J connectivity index is 2.10. The Morgan fingerprint density at radius 3 is 2.61 bits per heavy atom. The normalized spacial score (nSPS) is 37.8. The Labute approximate surface area is 119 Å². The van der Waals surface area contributed by atoms with Gasteiger partial charge in [0.15, 0.2) is 0 Å². The van der Waals surface area contributed by atoms with Crippen LogP contribution in [0, 0.1) is 11.3 Å². The molecule has 1 aromatic carbocycles. The standard InChI is InChI=1S/C17H23Br/c1-16(2)14-9-8-12-6-4-5-7-13(12)17(14,3)11-10-15(16)18/h4-7,14-15H,8-11H2,1-3H3/t14-,15-,17+/m0/s1. The van der Waals surface area contributed by atoms with Gasteiger partial charge in [0.05, 0.1) is 0 Å². The summed E-state index contributed by atoms with van der Waals surface area (Å²) in [5.41, 5.74) is 4.03. The molecule has 0 N–H and O–H groups in total. The zero-order valence-electron chi connectivity index (χ0n) is 11.7. The van der Waals surface area contributed by atoms with E-state index in [4.69, 9.17) is 0 Å². The Kier molecular flexibility index (Phi) is 2.89. The quantitative estimate of drug-likeness (QED) is 0.586. The van der Waals surface area contributed by atoms with Gasteiger partial charge in [-0.3, -0.25) is 0 Å². The Morgan fingerprint density at radius 1 is 1.11 bits per heavy atom. The molecular weight excluding hydrogens is 284 g/mol. The first-order valence-electron chi connectivity index (χ1n) is 7.19. The lowest BCUT2D eigenvalue weighted by atomic mass is 9.50. The van der Waals surface area contributed by atoms with Gasteiger partial charge in [0.2, 0.25) is 0 Å². The van der Waals surface area contributed by atoms with Crippen LogP contribution in [0.1, 0.15) is 51.2 Å². The number of halogens is 1. The van der Waals surface area contributed by atoms with E-state index in [9.17, 15) is 0 Å². The second kappa shape index (κ2) is 4.10. The number of benzene rings is 1. The molecule has 18 heavy (non-hydrogen) atoms. The van der Waals surface area contributed by atoms with Gasteiger partial charge < -0.3 is 0 Å². The summed E-state index contributed by atoms with van der Waals surface area (Å²) >= 11 is 3.94. The van der Waals surface area contributed by atoms with Crippen molar-refractivity contribution in [2.75, 3.05) is 0 Å². The predicted octanol–water partition coefficient (Wildman–Crippen LogP) is 5.09. The maximum Gasteiger partial charge on any atom is 0.0200 e. The molecule has 1 fully saturated rings. The van der Waals surface area contributed by atoms with Crippen LogP contribution in [-0.2, 0) is 11.8 Å². The van der Waals surface area contributed by atoms with Gasteiger partial charge in [-0.2, -0.15) is 0 Å². The number of hydrogen-bond donors (Lipinski definition) is 0. The third kappa shape index (κ3) is 1.62. The average Bonchev–Trinajstić information content (AvgIpc) is 2.35. The molecule has 0 radical (unpaired) electrons. The average molecular weight is 307 g/mol. The van der Waals surface area contributed by atoms with Gasteiger partial charge in [-0.05, 0) is 53.6 Å². The van der Waals surface area contributed by atoms with Gasteiger partial charge in [-0.25, -0.2) is 0 Å². The minimum absolute atomic E-state index is 0.391. The van der Waals surface area contributed by atoms with E-state index < -0.39 is 0 Å². The molecular formula is C17H23Br. The highest BCUT2D eigenvalue weighted by molar-refractivity contribution is 9.09. The van der Waals surface area contributed by atoms with Crippen molar-refractivity contribution < 1.29 is 0 Å². The first kappa shape index (κ1) is 12.7. The molecule has 0 aliphatic heterocycles. The molecule has 0 spiro atoms. The summed E-state index contributed by atoms with van der Waals surface area (Å²) < 4.78 is 0. The molecule has 0 bridgehead atoms. The number of fused-ring (bicyclic) bond motifs is 3. The Bertz CT molecular complexity index is 462. The number of rotatable bonds is 0. The molecule has 0 heterocycles. The van der Waals surface area contributed by atoms with E-state index in [1.807, 2.05) is 0 Å². The largest absolute Gasteiger partial charge is 0.0885 e. The molecule has 0 amide bonds. The smallest absolute Gasteiger partial charge is 0.0200 e. The molecule has 3 rings (SSSR count). The zero-order chi connectivity index (χ0) is 13.0. The summed E-state index contributed by atoms with van der Waals surface area (Å²) in [7, 11) is 0. The Hall–Kier alpha value is -0.300. The van der Waals surface area contributed by atoms with Crippen LogP contribution in [0.25, 0.3) is 0 Å². The Morgan fingerprint density at radius 2 is 1.83 bits per heavy atom. The zero-order valence-corrected chi connectivity index (χ0v) is 13.3. The summed E-state index contributed by atoms with van der Waals surface area (Å²) in [4.78, 5) is 0.674. The van der Waals surface area contributed by atoms with Crippen molar-refractivity contribution in [3.05, 3.63) is 35.4 Å². The first-order chi connectivity index (χ1) is 8.46. The van der Waals surface area contributed by atoms with E-state index in [1.54, 1.807) is 11.1 Å². The van der Waals surface area contributed by atoms with Gasteiger partial charge in [-0.15, -0.1) is 0 Å². The van der Waals surface area contributed by atoms with Crippen molar-refractivity contribution in [1.82, 2.24) is 0 Å². The van der Waals surface area contributed by atoms with Crippen LogP contribution in [0.2, 0.25) is 0 Å². The second-order valence-electron chi connectivity index (χ2n) is 6.99. The van der Waals surface area contributed by atoms with Crippen LogP contribution in [0.4, 0.5) is 0 Å². The van der Waals surface area contributed by atoms with Gasteiger partial charge in [-0.1, -0.05) is 61.0 Å².